The standard InChI is InChI=1S/C29H28N2O5.C2H6/c1-17-15-22-18(2)26(30-14-13-25(32)33)27(20-9-5-4-6-10-20)36-28(22)23(16-17)19(3)31-24-12-8-7-11-21(24)29(34)35;1-2/h4-12,15-16,19,30-31H,2,13-14H2,1,3H3,(H,32,33)(H,34,35);1-2H3. The van der Waals surface area contributed by atoms with Gasteiger partial charge in [0.15, 0.2) is 5.76 Å². The van der Waals surface area contributed by atoms with Crippen LogP contribution in [0.4, 0.5) is 5.69 Å². The number of carboxylic acids is 2. The van der Waals surface area contributed by atoms with E-state index in [2.05, 4.69) is 17.2 Å². The number of nitrogens with one attached hydrogen (secondary N) is 2. The van der Waals surface area contributed by atoms with Crippen LogP contribution in [-0.2, 0) is 4.79 Å². The number of aromatic carboxylic acids is 1. The van der Waals surface area contributed by atoms with Crippen LogP contribution in [0.5, 0.6) is 5.75 Å². The highest BCUT2D eigenvalue weighted by molar-refractivity contribution is 5.95. The number of aryl methyl sites for hydroxylation is 1. The van der Waals surface area contributed by atoms with E-state index in [0.717, 1.165) is 22.3 Å². The lowest BCUT2D eigenvalue weighted by Crippen LogP contribution is -2.24. The van der Waals surface area contributed by atoms with Gasteiger partial charge in [-0.25, -0.2) is 4.79 Å². The Morgan fingerprint density at radius 3 is 2.32 bits per heavy atom. The van der Waals surface area contributed by atoms with Gasteiger partial charge in [0, 0.05) is 34.5 Å². The lowest BCUT2D eigenvalue weighted by molar-refractivity contribution is -0.136. The van der Waals surface area contributed by atoms with E-state index in [0.29, 0.717) is 28.5 Å². The van der Waals surface area contributed by atoms with Gasteiger partial charge in [-0.05, 0) is 37.6 Å². The second-order valence-corrected chi connectivity index (χ2v) is 8.67. The quantitative estimate of drug-likeness (QED) is 0.251. The van der Waals surface area contributed by atoms with Crippen LogP contribution in [0.2, 0.25) is 0 Å². The summed E-state index contributed by atoms with van der Waals surface area (Å²) in [6.07, 6.45) is -0.0469. The van der Waals surface area contributed by atoms with Crippen molar-refractivity contribution in [3.8, 4) is 5.75 Å². The lowest BCUT2D eigenvalue weighted by atomic mass is 9.91. The molecule has 0 radical (unpaired) electrons. The van der Waals surface area contributed by atoms with Crippen molar-refractivity contribution >= 4 is 29.0 Å². The molecule has 0 amide bonds. The van der Waals surface area contributed by atoms with Gasteiger partial charge in [0.25, 0.3) is 0 Å². The maximum absolute atomic E-state index is 11.7. The number of fused-ring (bicyclic) bond motifs is 1. The van der Waals surface area contributed by atoms with Gasteiger partial charge >= 0.3 is 11.9 Å². The highest BCUT2D eigenvalue weighted by atomic mass is 16.5. The smallest absolute Gasteiger partial charge is 0.337 e. The number of hydrogen-bond donors (Lipinski definition) is 4. The Bertz CT molecular complexity index is 1360. The van der Waals surface area contributed by atoms with Gasteiger partial charge in [0.05, 0.1) is 23.7 Å². The molecule has 38 heavy (non-hydrogen) atoms. The van der Waals surface area contributed by atoms with Gasteiger partial charge < -0.3 is 25.6 Å². The Hall–Kier alpha value is -4.52. The van der Waals surface area contributed by atoms with E-state index in [9.17, 15) is 14.7 Å². The molecule has 0 spiro atoms. The number of hydrogen-bond acceptors (Lipinski definition) is 5. The second kappa shape index (κ2) is 12.6. The molecule has 7 heteroatoms. The Morgan fingerprint density at radius 1 is 1.00 bits per heavy atom. The van der Waals surface area contributed by atoms with E-state index in [-0.39, 0.29) is 24.6 Å². The van der Waals surface area contributed by atoms with Crippen LogP contribution in [0.15, 0.2) is 79.0 Å². The summed E-state index contributed by atoms with van der Waals surface area (Å²) in [5.41, 5.74) is 5.49. The lowest BCUT2D eigenvalue weighted by Gasteiger charge is -2.30. The van der Waals surface area contributed by atoms with Crippen LogP contribution in [0.1, 0.15) is 65.8 Å². The summed E-state index contributed by atoms with van der Waals surface area (Å²) in [7, 11) is 0. The fourth-order valence-electron chi connectivity index (χ4n) is 4.27. The number of aliphatic carboxylic acids is 1. The highest BCUT2D eigenvalue weighted by Crippen LogP contribution is 2.44. The SMILES string of the molecule is C=C1C(NCCC(=O)O)=C(c2ccccc2)Oc2c1cc(C)cc2C(C)Nc1ccccc1C(=O)O.CC. The molecular formula is C31H34N2O5. The normalized spacial score (nSPS) is 12.9. The van der Waals surface area contributed by atoms with E-state index < -0.39 is 11.9 Å². The molecule has 1 heterocycles. The van der Waals surface area contributed by atoms with Crippen LogP contribution >= 0.6 is 0 Å². The Balaban J connectivity index is 0.00000195. The summed E-state index contributed by atoms with van der Waals surface area (Å²) in [6.45, 7) is 12.5. The first-order chi connectivity index (χ1) is 18.3. The molecule has 1 aliphatic heterocycles. The number of rotatable bonds is 9. The zero-order valence-electron chi connectivity index (χ0n) is 22.2. The largest absolute Gasteiger partial charge is 0.481 e. The molecule has 0 bridgehead atoms. The first-order valence-corrected chi connectivity index (χ1v) is 12.6. The molecular weight excluding hydrogens is 480 g/mol. The number of para-hydroxylation sites is 1. The van der Waals surface area contributed by atoms with Gasteiger partial charge in [-0.3, -0.25) is 4.79 Å². The summed E-state index contributed by atoms with van der Waals surface area (Å²) in [4.78, 5) is 22.8. The molecule has 0 fully saturated rings. The number of carbonyl (C=O) groups is 2. The van der Waals surface area contributed by atoms with Crippen LogP contribution in [0.25, 0.3) is 11.3 Å². The van der Waals surface area contributed by atoms with Crippen molar-refractivity contribution in [1.29, 1.82) is 0 Å². The van der Waals surface area contributed by atoms with Crippen molar-refractivity contribution in [3.63, 3.8) is 0 Å². The highest BCUT2D eigenvalue weighted by Gasteiger charge is 2.29. The minimum absolute atomic E-state index is 0.0469. The van der Waals surface area contributed by atoms with Crippen molar-refractivity contribution in [2.75, 3.05) is 11.9 Å². The number of ether oxygens (including phenoxy) is 1. The predicted molar refractivity (Wildman–Crippen MR) is 151 cm³/mol. The average Bonchev–Trinajstić information content (AvgIpc) is 2.91. The third-order valence-corrected chi connectivity index (χ3v) is 5.99. The minimum Gasteiger partial charge on any atom is -0.481 e. The summed E-state index contributed by atoms with van der Waals surface area (Å²) >= 11 is 0. The third-order valence-electron chi connectivity index (χ3n) is 5.99. The zero-order valence-corrected chi connectivity index (χ0v) is 22.2. The van der Waals surface area contributed by atoms with E-state index >= 15 is 0 Å². The number of carboxylic acid groups (broad SMARTS) is 2. The van der Waals surface area contributed by atoms with E-state index in [1.807, 2.05) is 70.2 Å². The summed E-state index contributed by atoms with van der Waals surface area (Å²) in [5, 5.41) is 25.2. The van der Waals surface area contributed by atoms with Gasteiger partial charge in [-0.2, -0.15) is 0 Å². The molecule has 3 aromatic rings. The summed E-state index contributed by atoms with van der Waals surface area (Å²) < 4.78 is 6.53. The molecule has 0 aliphatic carbocycles. The van der Waals surface area contributed by atoms with E-state index in [4.69, 9.17) is 9.84 Å². The Labute approximate surface area is 223 Å². The molecule has 4 rings (SSSR count). The van der Waals surface area contributed by atoms with Crippen LogP contribution in [-0.4, -0.2) is 28.7 Å². The monoisotopic (exact) mass is 514 g/mol. The molecule has 1 aliphatic rings. The van der Waals surface area contributed by atoms with Crippen molar-refractivity contribution in [1.82, 2.24) is 5.32 Å². The molecule has 1 atom stereocenters. The van der Waals surface area contributed by atoms with Crippen LogP contribution in [0.3, 0.4) is 0 Å². The van der Waals surface area contributed by atoms with Gasteiger partial charge in [0.2, 0.25) is 0 Å². The van der Waals surface area contributed by atoms with Gasteiger partial charge in [-0.1, -0.05) is 69.0 Å². The second-order valence-electron chi connectivity index (χ2n) is 8.67. The molecule has 1 unspecified atom stereocenters. The number of benzene rings is 3. The molecule has 198 valence electrons. The summed E-state index contributed by atoms with van der Waals surface area (Å²) in [5.74, 6) is -0.720. The van der Waals surface area contributed by atoms with Crippen LogP contribution < -0.4 is 15.4 Å². The van der Waals surface area contributed by atoms with Crippen molar-refractivity contribution < 1.29 is 24.5 Å². The van der Waals surface area contributed by atoms with Crippen LogP contribution in [0, 0.1) is 6.92 Å². The Kier molecular flexibility index (Phi) is 9.33. The maximum atomic E-state index is 11.7. The van der Waals surface area contributed by atoms with Gasteiger partial charge in [0.1, 0.15) is 5.75 Å². The van der Waals surface area contributed by atoms with Crippen molar-refractivity contribution in [2.45, 2.75) is 40.2 Å². The van der Waals surface area contributed by atoms with E-state index in [1.165, 1.54) is 0 Å². The fraction of sp³-hybridized carbons (Fsp3) is 0.226. The first kappa shape index (κ1) is 28.1. The molecule has 0 saturated carbocycles. The molecule has 0 aromatic heterocycles. The maximum Gasteiger partial charge on any atom is 0.337 e. The minimum atomic E-state index is -1.01. The fourth-order valence-corrected chi connectivity index (χ4v) is 4.27. The predicted octanol–water partition coefficient (Wildman–Crippen LogP) is 6.73. The molecule has 3 aromatic carbocycles. The van der Waals surface area contributed by atoms with Crippen molar-refractivity contribution in [2.24, 2.45) is 0 Å². The number of anilines is 1. The zero-order chi connectivity index (χ0) is 27.8. The summed E-state index contributed by atoms with van der Waals surface area (Å²) in [6, 6.07) is 20.1. The van der Waals surface area contributed by atoms with Crippen molar-refractivity contribution in [3.05, 3.63) is 107 Å². The van der Waals surface area contributed by atoms with E-state index in [1.54, 1.807) is 24.3 Å². The average molecular weight is 515 g/mol. The third kappa shape index (κ3) is 6.24. The van der Waals surface area contributed by atoms with Gasteiger partial charge in [-0.15, -0.1) is 0 Å². The molecule has 0 saturated heterocycles. The molecule has 7 nitrogen and oxygen atoms in total. The Morgan fingerprint density at radius 2 is 1.66 bits per heavy atom. The molecule has 4 N–H and O–H groups in total. The topological polar surface area (TPSA) is 108 Å². The first-order valence-electron chi connectivity index (χ1n) is 12.6. The number of allylic oxidation sites excluding steroid dienone is 1.